The Labute approximate surface area is 101 Å². The van der Waals surface area contributed by atoms with Crippen molar-refractivity contribution in [3.8, 4) is 6.07 Å². The molecule has 0 amide bonds. The molecule has 1 atom stereocenters. The summed E-state index contributed by atoms with van der Waals surface area (Å²) in [5.41, 5.74) is 0.664. The van der Waals surface area contributed by atoms with Crippen molar-refractivity contribution in [2.24, 2.45) is 11.8 Å². The lowest BCUT2D eigenvalue weighted by Crippen LogP contribution is -2.32. The van der Waals surface area contributed by atoms with Gasteiger partial charge in [-0.15, -0.1) is 0 Å². The summed E-state index contributed by atoms with van der Waals surface area (Å²) in [6, 6.07) is 9.11. The van der Waals surface area contributed by atoms with E-state index < -0.39 is 0 Å². The highest BCUT2D eigenvalue weighted by atomic mass is 19.1. The number of halogens is 1. The minimum atomic E-state index is -0.193. The molecule has 3 heteroatoms. The third-order valence-electron chi connectivity index (χ3n) is 3.52. The molecule has 1 heterocycles. The second-order valence-electron chi connectivity index (χ2n) is 4.62. The first-order valence-electron chi connectivity index (χ1n) is 6.15. The number of nitriles is 1. The van der Waals surface area contributed by atoms with E-state index in [1.54, 1.807) is 12.1 Å². The fraction of sp³-hybridized carbons (Fsp3) is 0.500. The third kappa shape index (κ3) is 3.04. The fourth-order valence-electron chi connectivity index (χ4n) is 2.47. The highest BCUT2D eigenvalue weighted by Crippen LogP contribution is 2.25. The molecule has 0 spiro atoms. The molecule has 0 aromatic heterocycles. The summed E-state index contributed by atoms with van der Waals surface area (Å²) in [5, 5.41) is 12.5. The smallest absolute Gasteiger partial charge is 0.126 e. The zero-order valence-corrected chi connectivity index (χ0v) is 9.82. The summed E-state index contributed by atoms with van der Waals surface area (Å²) < 4.78 is 13.5. The Balaban J connectivity index is 2.05. The number of benzene rings is 1. The molecule has 0 saturated carbocycles. The van der Waals surface area contributed by atoms with Gasteiger partial charge in [0.05, 0.1) is 12.0 Å². The predicted octanol–water partition coefficient (Wildman–Crippen LogP) is 2.51. The van der Waals surface area contributed by atoms with E-state index in [0.29, 0.717) is 17.9 Å². The molecule has 1 fully saturated rings. The Morgan fingerprint density at radius 1 is 1.35 bits per heavy atom. The average Bonchev–Trinajstić information content (AvgIpc) is 2.39. The number of piperidine rings is 1. The first kappa shape index (κ1) is 12.1. The molecular weight excluding hydrogens is 215 g/mol. The number of hydrogen-bond donors (Lipinski definition) is 1. The zero-order chi connectivity index (χ0) is 12.1. The molecule has 0 bridgehead atoms. The minimum absolute atomic E-state index is 0.0611. The lowest BCUT2D eigenvalue weighted by molar-refractivity contribution is 0.301. The highest BCUT2D eigenvalue weighted by molar-refractivity contribution is 5.19. The Kier molecular flexibility index (Phi) is 4.11. The van der Waals surface area contributed by atoms with Crippen LogP contribution < -0.4 is 5.32 Å². The Morgan fingerprint density at radius 2 is 2.06 bits per heavy atom. The monoisotopic (exact) mass is 232 g/mol. The van der Waals surface area contributed by atoms with E-state index in [4.69, 9.17) is 0 Å². The molecule has 2 nitrogen and oxygen atoms in total. The summed E-state index contributed by atoms with van der Waals surface area (Å²) in [4.78, 5) is 0. The lowest BCUT2D eigenvalue weighted by atomic mass is 9.82. The van der Waals surface area contributed by atoms with Crippen molar-refractivity contribution in [3.05, 3.63) is 35.6 Å². The van der Waals surface area contributed by atoms with Crippen LogP contribution in [-0.4, -0.2) is 13.1 Å². The van der Waals surface area contributed by atoms with Gasteiger partial charge in [-0.3, -0.25) is 0 Å². The second-order valence-corrected chi connectivity index (χ2v) is 4.62. The van der Waals surface area contributed by atoms with Gasteiger partial charge in [0.2, 0.25) is 0 Å². The van der Waals surface area contributed by atoms with E-state index in [9.17, 15) is 9.65 Å². The third-order valence-corrected chi connectivity index (χ3v) is 3.52. The molecule has 2 rings (SSSR count). The second kappa shape index (κ2) is 5.79. The standard InChI is InChI=1S/C14H17FN2/c15-14-4-2-1-3-12(14)9-13(10-16)11-5-7-17-8-6-11/h1-4,11,13,17H,5-9H2. The van der Waals surface area contributed by atoms with E-state index >= 15 is 0 Å². The van der Waals surface area contributed by atoms with Crippen LogP contribution in [-0.2, 0) is 6.42 Å². The van der Waals surface area contributed by atoms with E-state index in [1.807, 2.05) is 6.07 Å². The minimum Gasteiger partial charge on any atom is -0.317 e. The Bertz CT molecular complexity index is 405. The molecule has 1 aromatic rings. The van der Waals surface area contributed by atoms with Gasteiger partial charge in [0.1, 0.15) is 5.82 Å². The molecule has 1 aliphatic rings. The zero-order valence-electron chi connectivity index (χ0n) is 9.82. The lowest BCUT2D eigenvalue weighted by Gasteiger charge is -2.26. The maximum absolute atomic E-state index is 13.5. The summed E-state index contributed by atoms with van der Waals surface area (Å²) >= 11 is 0. The van der Waals surface area contributed by atoms with Crippen LogP contribution in [0.5, 0.6) is 0 Å². The van der Waals surface area contributed by atoms with Crippen LogP contribution in [0.3, 0.4) is 0 Å². The van der Waals surface area contributed by atoms with Crippen LogP contribution in [0.4, 0.5) is 4.39 Å². The van der Waals surface area contributed by atoms with Gasteiger partial charge in [-0.25, -0.2) is 4.39 Å². The SMILES string of the molecule is N#CC(Cc1ccccc1F)C1CCNCC1. The van der Waals surface area contributed by atoms with Gasteiger partial charge in [0.25, 0.3) is 0 Å². The van der Waals surface area contributed by atoms with Crippen LogP contribution >= 0.6 is 0 Å². The maximum atomic E-state index is 13.5. The van der Waals surface area contributed by atoms with Crippen molar-refractivity contribution in [2.75, 3.05) is 13.1 Å². The van der Waals surface area contributed by atoms with E-state index in [1.165, 1.54) is 6.07 Å². The molecule has 1 unspecified atom stereocenters. The van der Waals surface area contributed by atoms with Crippen molar-refractivity contribution in [1.29, 1.82) is 5.26 Å². The molecule has 1 aromatic carbocycles. The summed E-state index contributed by atoms with van der Waals surface area (Å²) in [7, 11) is 0. The van der Waals surface area contributed by atoms with Crippen molar-refractivity contribution < 1.29 is 4.39 Å². The largest absolute Gasteiger partial charge is 0.317 e. The van der Waals surface area contributed by atoms with Gasteiger partial charge in [-0.1, -0.05) is 18.2 Å². The van der Waals surface area contributed by atoms with Crippen LogP contribution in [0, 0.1) is 29.0 Å². The fourth-order valence-corrected chi connectivity index (χ4v) is 2.47. The van der Waals surface area contributed by atoms with E-state index in [-0.39, 0.29) is 11.7 Å². The van der Waals surface area contributed by atoms with Gasteiger partial charge in [0.15, 0.2) is 0 Å². The van der Waals surface area contributed by atoms with E-state index in [2.05, 4.69) is 11.4 Å². The summed E-state index contributed by atoms with van der Waals surface area (Å²) in [6.07, 6.45) is 2.58. The van der Waals surface area contributed by atoms with Crippen molar-refractivity contribution in [2.45, 2.75) is 19.3 Å². The van der Waals surface area contributed by atoms with Crippen LogP contribution in [0.25, 0.3) is 0 Å². The molecule has 0 aliphatic carbocycles. The molecule has 90 valence electrons. The molecule has 17 heavy (non-hydrogen) atoms. The van der Waals surface area contributed by atoms with Crippen LogP contribution in [0.15, 0.2) is 24.3 Å². The summed E-state index contributed by atoms with van der Waals surface area (Å²) in [5.74, 6) is 0.150. The molecule has 1 aliphatic heterocycles. The predicted molar refractivity (Wildman–Crippen MR) is 64.8 cm³/mol. The normalized spacial score (nSPS) is 18.6. The van der Waals surface area contributed by atoms with Gasteiger partial charge in [-0.05, 0) is 49.9 Å². The quantitative estimate of drug-likeness (QED) is 0.869. The van der Waals surface area contributed by atoms with E-state index in [0.717, 1.165) is 25.9 Å². The van der Waals surface area contributed by atoms with Crippen molar-refractivity contribution >= 4 is 0 Å². The first-order valence-corrected chi connectivity index (χ1v) is 6.15. The van der Waals surface area contributed by atoms with Crippen molar-refractivity contribution in [3.63, 3.8) is 0 Å². The Morgan fingerprint density at radius 3 is 2.71 bits per heavy atom. The van der Waals surface area contributed by atoms with Gasteiger partial charge < -0.3 is 5.32 Å². The molecule has 1 saturated heterocycles. The Hall–Kier alpha value is -1.40. The maximum Gasteiger partial charge on any atom is 0.126 e. The average molecular weight is 232 g/mol. The molecule has 0 radical (unpaired) electrons. The number of rotatable bonds is 3. The van der Waals surface area contributed by atoms with Crippen LogP contribution in [0.2, 0.25) is 0 Å². The van der Waals surface area contributed by atoms with Gasteiger partial charge in [-0.2, -0.15) is 5.26 Å². The topological polar surface area (TPSA) is 35.8 Å². The molecule has 1 N–H and O–H groups in total. The van der Waals surface area contributed by atoms with Crippen molar-refractivity contribution in [1.82, 2.24) is 5.32 Å². The number of hydrogen-bond acceptors (Lipinski definition) is 2. The highest BCUT2D eigenvalue weighted by Gasteiger charge is 2.24. The number of nitrogens with zero attached hydrogens (tertiary/aromatic N) is 1. The van der Waals surface area contributed by atoms with Gasteiger partial charge in [0, 0.05) is 0 Å². The van der Waals surface area contributed by atoms with Gasteiger partial charge >= 0.3 is 0 Å². The summed E-state index contributed by atoms with van der Waals surface area (Å²) in [6.45, 7) is 1.94. The first-order chi connectivity index (χ1) is 8.31. The molecular formula is C14H17FN2. The number of nitrogens with one attached hydrogen (secondary N) is 1. The van der Waals surface area contributed by atoms with Crippen LogP contribution in [0.1, 0.15) is 18.4 Å².